The largest absolute Gasteiger partial charge is 0.493 e. The van der Waals surface area contributed by atoms with E-state index in [4.69, 9.17) is 10.00 Å². The van der Waals surface area contributed by atoms with Gasteiger partial charge in [-0.05, 0) is 71.2 Å². The minimum atomic E-state index is -0.394. The SMILES string of the molecule is Cc1ccccc1C1(c2ccc(CN3CCC(O)C3)cc2)C=CC=C(c2ccc(C=O)c(OCCCC#N)c2)[C@H]1C. The predicted molar refractivity (Wildman–Crippen MR) is 163 cm³/mol. The second-order valence-corrected chi connectivity index (χ2v) is 11.2. The lowest BCUT2D eigenvalue weighted by atomic mass is 9.60. The fourth-order valence-electron chi connectivity index (χ4n) is 6.42. The van der Waals surface area contributed by atoms with E-state index < -0.39 is 5.41 Å². The van der Waals surface area contributed by atoms with Crippen molar-refractivity contribution < 1.29 is 14.6 Å². The third-order valence-corrected chi connectivity index (χ3v) is 8.62. The first-order chi connectivity index (χ1) is 20.0. The molecule has 1 N–H and O–H groups in total. The highest BCUT2D eigenvalue weighted by Gasteiger charge is 2.41. The maximum Gasteiger partial charge on any atom is 0.153 e. The summed E-state index contributed by atoms with van der Waals surface area (Å²) in [5.74, 6) is 0.637. The van der Waals surface area contributed by atoms with Crippen molar-refractivity contribution in [3.63, 3.8) is 0 Å². The van der Waals surface area contributed by atoms with E-state index in [9.17, 15) is 9.90 Å². The summed E-state index contributed by atoms with van der Waals surface area (Å²) >= 11 is 0. The van der Waals surface area contributed by atoms with Crippen molar-refractivity contribution in [1.29, 1.82) is 5.26 Å². The zero-order valence-corrected chi connectivity index (χ0v) is 23.9. The van der Waals surface area contributed by atoms with Crippen molar-refractivity contribution in [3.05, 3.63) is 118 Å². The van der Waals surface area contributed by atoms with E-state index in [-0.39, 0.29) is 12.0 Å². The van der Waals surface area contributed by atoms with Crippen LogP contribution in [0.2, 0.25) is 0 Å². The van der Waals surface area contributed by atoms with Crippen molar-refractivity contribution in [2.24, 2.45) is 5.92 Å². The van der Waals surface area contributed by atoms with Crippen LogP contribution >= 0.6 is 0 Å². The quantitative estimate of drug-likeness (QED) is 0.228. The average molecular weight is 547 g/mol. The maximum atomic E-state index is 11.8. The van der Waals surface area contributed by atoms with Crippen molar-refractivity contribution >= 4 is 11.9 Å². The molecule has 3 aromatic carbocycles. The summed E-state index contributed by atoms with van der Waals surface area (Å²) in [6.45, 7) is 7.34. The number of aldehydes is 1. The number of nitriles is 1. The number of β-amino-alcohol motifs (C(OH)–C–C–N with tert-alkyl or cyclic N) is 1. The van der Waals surface area contributed by atoms with Gasteiger partial charge in [-0.3, -0.25) is 9.69 Å². The van der Waals surface area contributed by atoms with Gasteiger partial charge in [0, 0.05) is 31.5 Å². The molecule has 210 valence electrons. The zero-order chi connectivity index (χ0) is 28.8. The first-order valence-electron chi connectivity index (χ1n) is 14.5. The molecule has 1 aliphatic carbocycles. The van der Waals surface area contributed by atoms with Crippen LogP contribution in [0.25, 0.3) is 5.57 Å². The molecule has 1 heterocycles. The molecular weight excluding hydrogens is 508 g/mol. The molecule has 2 aliphatic rings. The second-order valence-electron chi connectivity index (χ2n) is 11.2. The zero-order valence-electron chi connectivity index (χ0n) is 23.9. The van der Waals surface area contributed by atoms with Crippen LogP contribution in [0.1, 0.15) is 64.4 Å². The van der Waals surface area contributed by atoms with Crippen molar-refractivity contribution in [1.82, 2.24) is 4.90 Å². The molecule has 0 amide bonds. The monoisotopic (exact) mass is 546 g/mol. The predicted octanol–water partition coefficient (Wildman–Crippen LogP) is 6.63. The molecular formula is C36H38N2O3. The molecule has 1 fully saturated rings. The van der Waals surface area contributed by atoms with Gasteiger partial charge in [0.2, 0.25) is 0 Å². The lowest BCUT2D eigenvalue weighted by Gasteiger charge is -2.42. The fourth-order valence-corrected chi connectivity index (χ4v) is 6.42. The summed E-state index contributed by atoms with van der Waals surface area (Å²) in [7, 11) is 0. The fraction of sp³-hybridized carbons (Fsp3) is 0.333. The Balaban J connectivity index is 1.51. The highest BCUT2D eigenvalue weighted by molar-refractivity contribution is 5.83. The molecule has 0 saturated carbocycles. The van der Waals surface area contributed by atoms with Crippen LogP contribution in [0, 0.1) is 24.2 Å². The van der Waals surface area contributed by atoms with Crippen LogP contribution in [-0.2, 0) is 12.0 Å². The second kappa shape index (κ2) is 12.7. The molecule has 5 nitrogen and oxygen atoms in total. The first-order valence-corrected chi connectivity index (χ1v) is 14.5. The standard InChI is InChI=1S/C36H38N2O3/c1-26-8-3-4-10-34(26)36(31-15-11-28(12-16-31)23-38-20-17-32(40)24-38)18-7-9-33(27(36)2)29-13-14-30(25-39)35(22-29)41-21-6-5-19-37/h3-4,7-16,18,22,25,27,32,40H,5-6,17,20-21,23-24H2,1-2H3/t27-,32?,36?/m1/s1. The third kappa shape index (κ3) is 5.91. The molecule has 41 heavy (non-hydrogen) atoms. The van der Waals surface area contributed by atoms with Gasteiger partial charge in [0.25, 0.3) is 0 Å². The van der Waals surface area contributed by atoms with E-state index in [1.54, 1.807) is 0 Å². The Bertz CT molecular complexity index is 1480. The number of hydrogen-bond donors (Lipinski definition) is 1. The van der Waals surface area contributed by atoms with Gasteiger partial charge in [0.05, 0.1) is 24.3 Å². The molecule has 2 unspecified atom stereocenters. The summed E-state index contributed by atoms with van der Waals surface area (Å²) < 4.78 is 5.96. The Morgan fingerprint density at radius 3 is 2.66 bits per heavy atom. The molecule has 3 aromatic rings. The first kappa shape index (κ1) is 28.5. The van der Waals surface area contributed by atoms with Crippen molar-refractivity contribution in [2.75, 3.05) is 19.7 Å². The number of nitrogens with zero attached hydrogens (tertiary/aromatic N) is 2. The number of hydrogen-bond acceptors (Lipinski definition) is 5. The molecule has 3 atom stereocenters. The highest BCUT2D eigenvalue weighted by Crippen LogP contribution is 2.50. The van der Waals surface area contributed by atoms with Crippen LogP contribution < -0.4 is 4.74 Å². The smallest absolute Gasteiger partial charge is 0.153 e. The van der Waals surface area contributed by atoms with E-state index >= 15 is 0 Å². The van der Waals surface area contributed by atoms with E-state index in [1.807, 2.05) is 18.2 Å². The Morgan fingerprint density at radius 1 is 1.15 bits per heavy atom. The minimum Gasteiger partial charge on any atom is -0.493 e. The Labute approximate surface area is 243 Å². The summed E-state index contributed by atoms with van der Waals surface area (Å²) in [4.78, 5) is 14.1. The summed E-state index contributed by atoms with van der Waals surface area (Å²) in [6, 6.07) is 25.5. The number of aliphatic hydroxyl groups is 1. The van der Waals surface area contributed by atoms with Crippen LogP contribution in [-0.4, -0.2) is 42.1 Å². The molecule has 5 heteroatoms. The molecule has 0 aromatic heterocycles. The number of carbonyl (C=O) groups is 1. The van der Waals surface area contributed by atoms with E-state index in [0.717, 1.165) is 37.9 Å². The normalized spacial score (nSPS) is 22.2. The Morgan fingerprint density at radius 2 is 1.95 bits per heavy atom. The molecule has 1 aliphatic heterocycles. The topological polar surface area (TPSA) is 73.6 Å². The van der Waals surface area contributed by atoms with E-state index in [2.05, 4.69) is 91.6 Å². The van der Waals surface area contributed by atoms with Gasteiger partial charge in [-0.2, -0.15) is 5.26 Å². The summed E-state index contributed by atoms with van der Waals surface area (Å²) in [5.41, 5.74) is 7.28. The highest BCUT2D eigenvalue weighted by atomic mass is 16.5. The number of likely N-dealkylation sites (tertiary alicyclic amines) is 1. The Hall–Kier alpha value is -3.98. The maximum absolute atomic E-state index is 11.8. The van der Waals surface area contributed by atoms with Crippen LogP contribution in [0.3, 0.4) is 0 Å². The number of ether oxygens (including phenoxy) is 1. The van der Waals surface area contributed by atoms with E-state index in [0.29, 0.717) is 30.8 Å². The molecule has 0 bridgehead atoms. The number of aryl methyl sites for hydroxylation is 1. The number of unbranched alkanes of at least 4 members (excludes halogenated alkanes) is 1. The van der Waals surface area contributed by atoms with Crippen LogP contribution in [0.4, 0.5) is 0 Å². The number of rotatable bonds is 10. The number of benzene rings is 3. The van der Waals surface area contributed by atoms with E-state index in [1.165, 1.54) is 27.8 Å². The lowest BCUT2D eigenvalue weighted by molar-refractivity contribution is 0.111. The summed E-state index contributed by atoms with van der Waals surface area (Å²) in [6.07, 6.45) is 9.13. The average Bonchev–Trinajstić information content (AvgIpc) is 3.40. The molecule has 5 rings (SSSR count). The van der Waals surface area contributed by atoms with Gasteiger partial charge in [-0.1, -0.05) is 79.7 Å². The molecule has 0 spiro atoms. The van der Waals surface area contributed by atoms with Gasteiger partial charge < -0.3 is 9.84 Å². The summed E-state index contributed by atoms with van der Waals surface area (Å²) in [5, 5.41) is 18.8. The molecule has 0 radical (unpaired) electrons. The van der Waals surface area contributed by atoms with Gasteiger partial charge in [-0.25, -0.2) is 0 Å². The van der Waals surface area contributed by atoms with Crippen LogP contribution in [0.5, 0.6) is 5.75 Å². The Kier molecular flexibility index (Phi) is 8.83. The number of allylic oxidation sites excluding steroid dienone is 4. The van der Waals surface area contributed by atoms with Crippen molar-refractivity contribution in [2.45, 2.75) is 51.2 Å². The number of carbonyl (C=O) groups excluding carboxylic acids is 1. The van der Waals surface area contributed by atoms with Crippen molar-refractivity contribution in [3.8, 4) is 11.8 Å². The number of aliphatic hydroxyl groups excluding tert-OH is 1. The van der Waals surface area contributed by atoms with Gasteiger partial charge in [0.15, 0.2) is 6.29 Å². The van der Waals surface area contributed by atoms with Gasteiger partial charge in [0.1, 0.15) is 5.75 Å². The van der Waals surface area contributed by atoms with Gasteiger partial charge >= 0.3 is 0 Å². The molecule has 1 saturated heterocycles. The lowest BCUT2D eigenvalue weighted by Crippen LogP contribution is -2.36. The minimum absolute atomic E-state index is 0.0849. The van der Waals surface area contributed by atoms with Gasteiger partial charge in [-0.15, -0.1) is 0 Å². The third-order valence-electron chi connectivity index (χ3n) is 8.62. The van der Waals surface area contributed by atoms with Crippen LogP contribution in [0.15, 0.2) is 85.0 Å².